The molecular formula is C27H22N5O4S+. The first kappa shape index (κ1) is 23.9. The number of carbonyl (C=O) groups excluding carboxylic acids is 1. The Morgan fingerprint density at radius 2 is 1.51 bits per heavy atom. The highest BCUT2D eigenvalue weighted by molar-refractivity contribution is 7.92. The number of aromatic nitrogens is 3. The molecule has 2 N–H and O–H groups in total. The van der Waals surface area contributed by atoms with Gasteiger partial charge >= 0.3 is 5.82 Å². The Kier molecular flexibility index (Phi) is 6.48. The molecule has 0 aliphatic carbocycles. The van der Waals surface area contributed by atoms with Crippen molar-refractivity contribution >= 4 is 38.5 Å². The van der Waals surface area contributed by atoms with Gasteiger partial charge in [0.05, 0.1) is 23.9 Å². The maximum absolute atomic E-state index is 13.1. The summed E-state index contributed by atoms with van der Waals surface area (Å²) < 4.78 is 35.5. The first-order valence-electron chi connectivity index (χ1n) is 11.2. The van der Waals surface area contributed by atoms with Crippen LogP contribution >= 0.6 is 0 Å². The van der Waals surface area contributed by atoms with Gasteiger partial charge in [0.15, 0.2) is 0 Å². The summed E-state index contributed by atoms with van der Waals surface area (Å²) in [6.07, 6.45) is 3.34. The lowest BCUT2D eigenvalue weighted by atomic mass is 10.2. The Labute approximate surface area is 213 Å². The molecule has 10 heteroatoms. The lowest BCUT2D eigenvalue weighted by molar-refractivity contribution is -0.598. The number of hydrogen-bond donors (Lipinski definition) is 2. The standard InChI is InChI=1S/C27H21N5O4S/c1-36-21-15-13-19(14-16-21)27(33)28-20-8-7-17-32(18-20)26-25(29-23-11-5-6-12-24(23)30-26)31-37(34,35)22-9-3-2-4-10-22/h2-18H,1H3,(H-,28,29,31,33)/p+1. The van der Waals surface area contributed by atoms with Crippen molar-refractivity contribution in [2.75, 3.05) is 17.1 Å². The highest BCUT2D eigenvalue weighted by Crippen LogP contribution is 2.21. The van der Waals surface area contributed by atoms with Gasteiger partial charge in [-0.1, -0.05) is 30.3 Å². The quantitative estimate of drug-likeness (QED) is 0.319. The second-order valence-corrected chi connectivity index (χ2v) is 9.67. The molecule has 0 saturated carbocycles. The molecule has 1 amide bonds. The first-order valence-corrected chi connectivity index (χ1v) is 12.7. The fourth-order valence-corrected chi connectivity index (χ4v) is 4.68. The van der Waals surface area contributed by atoms with Crippen molar-refractivity contribution < 1.29 is 22.5 Å². The molecule has 184 valence electrons. The molecule has 0 radical (unpaired) electrons. The number of benzene rings is 3. The minimum absolute atomic E-state index is 0.0474. The predicted octanol–water partition coefficient (Wildman–Crippen LogP) is 3.97. The summed E-state index contributed by atoms with van der Waals surface area (Å²) in [6.45, 7) is 0. The van der Waals surface area contributed by atoms with Crippen LogP contribution in [0.1, 0.15) is 10.4 Å². The number of sulfonamides is 1. The van der Waals surface area contributed by atoms with Crippen molar-refractivity contribution in [1.29, 1.82) is 0 Å². The van der Waals surface area contributed by atoms with Gasteiger partial charge in [-0.05, 0) is 65.6 Å². The van der Waals surface area contributed by atoms with Crippen molar-refractivity contribution in [3.63, 3.8) is 0 Å². The zero-order valence-electron chi connectivity index (χ0n) is 19.7. The van der Waals surface area contributed by atoms with E-state index in [0.717, 1.165) is 0 Å². The predicted molar refractivity (Wildman–Crippen MR) is 139 cm³/mol. The molecule has 0 unspecified atom stereocenters. The van der Waals surface area contributed by atoms with Crippen molar-refractivity contribution in [3.05, 3.63) is 109 Å². The van der Waals surface area contributed by atoms with Crippen molar-refractivity contribution in [2.24, 2.45) is 0 Å². The highest BCUT2D eigenvalue weighted by Gasteiger charge is 2.25. The number of para-hydroxylation sites is 2. The number of anilines is 2. The molecule has 0 aliphatic heterocycles. The number of nitrogens with zero attached hydrogens (tertiary/aromatic N) is 3. The number of amides is 1. The number of fused-ring (bicyclic) bond motifs is 1. The average molecular weight is 513 g/mol. The molecule has 2 aromatic heterocycles. The zero-order chi connectivity index (χ0) is 25.8. The molecule has 0 fully saturated rings. The van der Waals surface area contributed by atoms with E-state index < -0.39 is 10.0 Å². The molecule has 3 aromatic carbocycles. The van der Waals surface area contributed by atoms with E-state index in [1.54, 1.807) is 96.9 Å². The number of nitrogens with one attached hydrogen (secondary N) is 2. The van der Waals surface area contributed by atoms with Crippen LogP contribution in [0.15, 0.2) is 108 Å². The lowest BCUT2D eigenvalue weighted by Crippen LogP contribution is -2.34. The molecule has 37 heavy (non-hydrogen) atoms. The molecule has 0 bridgehead atoms. The van der Waals surface area contributed by atoms with Crippen LogP contribution in [-0.4, -0.2) is 31.4 Å². The molecular weight excluding hydrogens is 490 g/mol. The van der Waals surface area contributed by atoms with Crippen LogP contribution in [0.5, 0.6) is 5.75 Å². The fourth-order valence-electron chi connectivity index (χ4n) is 3.65. The van der Waals surface area contributed by atoms with E-state index in [-0.39, 0.29) is 22.4 Å². The van der Waals surface area contributed by atoms with E-state index >= 15 is 0 Å². The van der Waals surface area contributed by atoms with Gasteiger partial charge < -0.3 is 10.1 Å². The maximum atomic E-state index is 13.1. The third-order valence-corrected chi connectivity index (χ3v) is 6.85. The Morgan fingerprint density at radius 1 is 0.838 bits per heavy atom. The molecule has 5 aromatic rings. The number of hydrogen-bond acceptors (Lipinski definition) is 6. The number of methoxy groups -OCH3 is 1. The average Bonchev–Trinajstić information content (AvgIpc) is 2.93. The van der Waals surface area contributed by atoms with Crippen molar-refractivity contribution in [2.45, 2.75) is 4.90 Å². The molecule has 0 saturated heterocycles. The number of carbonyl (C=O) groups is 1. The Hall–Kier alpha value is -4.83. The van der Waals surface area contributed by atoms with E-state index in [2.05, 4.69) is 20.0 Å². The van der Waals surface area contributed by atoms with Gasteiger partial charge in [-0.15, -0.1) is 0 Å². The second-order valence-electron chi connectivity index (χ2n) is 7.99. The van der Waals surface area contributed by atoms with E-state index in [1.165, 1.54) is 12.1 Å². The summed E-state index contributed by atoms with van der Waals surface area (Å²) >= 11 is 0. The van der Waals surface area contributed by atoms with Crippen molar-refractivity contribution in [3.8, 4) is 11.6 Å². The van der Waals surface area contributed by atoms with Crippen LogP contribution in [0, 0.1) is 0 Å². The third-order valence-electron chi connectivity index (χ3n) is 5.49. The Bertz CT molecular complexity index is 1690. The fraction of sp³-hybridized carbons (Fsp3) is 0.0370. The molecule has 2 heterocycles. The molecule has 9 nitrogen and oxygen atoms in total. The van der Waals surface area contributed by atoms with Gasteiger partial charge in [-0.3, -0.25) is 9.52 Å². The smallest absolute Gasteiger partial charge is 0.372 e. The third kappa shape index (κ3) is 5.24. The van der Waals surface area contributed by atoms with E-state index in [0.29, 0.717) is 28.0 Å². The topological polar surface area (TPSA) is 114 Å². The van der Waals surface area contributed by atoms with Crippen LogP contribution in [0.3, 0.4) is 0 Å². The van der Waals surface area contributed by atoms with Gasteiger partial charge in [0.1, 0.15) is 17.5 Å². The van der Waals surface area contributed by atoms with Crippen LogP contribution in [-0.2, 0) is 10.0 Å². The van der Waals surface area contributed by atoms with Gasteiger partial charge in [-0.2, -0.15) is 4.57 Å². The lowest BCUT2D eigenvalue weighted by Gasteiger charge is -2.10. The number of rotatable bonds is 7. The summed E-state index contributed by atoms with van der Waals surface area (Å²) in [5.74, 6) is 0.634. The van der Waals surface area contributed by atoms with E-state index in [9.17, 15) is 13.2 Å². The summed E-state index contributed by atoms with van der Waals surface area (Å²) in [5.41, 5.74) is 2.05. The Balaban J connectivity index is 1.52. The van der Waals surface area contributed by atoms with Crippen molar-refractivity contribution in [1.82, 2.24) is 9.97 Å². The molecule has 0 spiro atoms. The zero-order valence-corrected chi connectivity index (χ0v) is 20.5. The maximum Gasteiger partial charge on any atom is 0.372 e. The minimum atomic E-state index is -3.93. The largest absolute Gasteiger partial charge is 0.497 e. The highest BCUT2D eigenvalue weighted by atomic mass is 32.2. The van der Waals surface area contributed by atoms with Gasteiger partial charge in [0, 0.05) is 5.56 Å². The SMILES string of the molecule is COc1ccc(C(=O)Nc2ccc[n+](-c3nc4ccccc4nc3NS(=O)(=O)c3ccccc3)c2)cc1. The second kappa shape index (κ2) is 10.0. The van der Waals surface area contributed by atoms with Gasteiger partial charge in [0.2, 0.25) is 11.3 Å². The monoisotopic (exact) mass is 512 g/mol. The molecule has 5 rings (SSSR count). The molecule has 0 aliphatic rings. The van der Waals surface area contributed by atoms with Gasteiger partial charge in [-0.25, -0.2) is 13.4 Å². The first-order chi connectivity index (χ1) is 17.9. The van der Waals surface area contributed by atoms with E-state index in [4.69, 9.17) is 4.74 Å². The van der Waals surface area contributed by atoms with Crippen LogP contribution in [0.2, 0.25) is 0 Å². The summed E-state index contributed by atoms with van der Waals surface area (Å²) in [7, 11) is -2.37. The number of ether oxygens (including phenoxy) is 1. The molecule has 0 atom stereocenters. The normalized spacial score (nSPS) is 11.2. The summed E-state index contributed by atoms with van der Waals surface area (Å²) in [6, 6.07) is 25.4. The minimum Gasteiger partial charge on any atom is -0.497 e. The summed E-state index contributed by atoms with van der Waals surface area (Å²) in [5, 5.41) is 2.85. The van der Waals surface area contributed by atoms with E-state index in [1.807, 2.05) is 6.07 Å². The summed E-state index contributed by atoms with van der Waals surface area (Å²) in [4.78, 5) is 22.1. The van der Waals surface area contributed by atoms with Crippen LogP contribution in [0.25, 0.3) is 16.9 Å². The Morgan fingerprint density at radius 3 is 2.22 bits per heavy atom. The number of pyridine rings is 1. The van der Waals surface area contributed by atoms with Gasteiger partial charge in [0.25, 0.3) is 15.9 Å². The van der Waals surface area contributed by atoms with Crippen LogP contribution < -0.4 is 19.3 Å². The van der Waals surface area contributed by atoms with Crippen LogP contribution in [0.4, 0.5) is 11.5 Å².